The van der Waals surface area contributed by atoms with Crippen LogP contribution in [0.4, 0.5) is 17.6 Å². The second kappa shape index (κ2) is 9.98. The monoisotopic (exact) mass is 456 g/mol. The van der Waals surface area contributed by atoms with Crippen LogP contribution in [0, 0.1) is 47.0 Å². The van der Waals surface area contributed by atoms with Gasteiger partial charge in [-0.2, -0.15) is 0 Å². The van der Waals surface area contributed by atoms with Crippen LogP contribution in [-0.2, 0) is 0 Å². The number of fused-ring (bicyclic) bond motifs is 1. The summed E-state index contributed by atoms with van der Waals surface area (Å²) >= 11 is 0. The third-order valence-electron chi connectivity index (χ3n) is 4.83. The van der Waals surface area contributed by atoms with Crippen LogP contribution in [0.3, 0.4) is 0 Å². The molecule has 0 spiro atoms. The van der Waals surface area contributed by atoms with Crippen molar-refractivity contribution in [1.29, 1.82) is 0 Å². The third-order valence-corrected chi connectivity index (χ3v) is 4.83. The summed E-state index contributed by atoms with van der Waals surface area (Å²) in [6.45, 7) is 3.75. The van der Waals surface area contributed by atoms with Gasteiger partial charge in [-0.25, -0.2) is 17.6 Å². The molecule has 0 atom stereocenters. The fraction of sp³-hybridized carbons (Fsp3) is 0.0345. The quantitative estimate of drug-likeness (QED) is 0.188. The molecule has 0 bridgehead atoms. The Morgan fingerprint density at radius 2 is 1.38 bits per heavy atom. The molecule has 0 radical (unpaired) electrons. The summed E-state index contributed by atoms with van der Waals surface area (Å²) in [5.41, 5.74) is 0.226. The molecule has 166 valence electrons. The van der Waals surface area contributed by atoms with Gasteiger partial charge in [-0.15, -0.1) is 0 Å². The Kier molecular flexibility index (Phi) is 6.67. The van der Waals surface area contributed by atoms with Crippen molar-refractivity contribution in [3.05, 3.63) is 125 Å². The maximum absolute atomic E-state index is 14.5. The highest BCUT2D eigenvalue weighted by atomic mass is 19.1. The lowest BCUT2D eigenvalue weighted by molar-refractivity contribution is 0.361. The van der Waals surface area contributed by atoms with Gasteiger partial charge < -0.3 is 4.74 Å². The minimum absolute atomic E-state index is 0.0414. The van der Waals surface area contributed by atoms with Crippen LogP contribution >= 0.6 is 0 Å². The first-order valence-electron chi connectivity index (χ1n) is 10.2. The van der Waals surface area contributed by atoms with Gasteiger partial charge in [0.05, 0.1) is 11.1 Å². The molecule has 0 saturated heterocycles. The van der Waals surface area contributed by atoms with Crippen molar-refractivity contribution < 1.29 is 22.3 Å². The number of ether oxygens (including phenoxy) is 1. The first-order chi connectivity index (χ1) is 16.4. The van der Waals surface area contributed by atoms with Gasteiger partial charge in [-0.1, -0.05) is 48.5 Å². The Labute approximate surface area is 194 Å². The van der Waals surface area contributed by atoms with E-state index in [0.29, 0.717) is 16.7 Å². The highest BCUT2D eigenvalue weighted by Gasteiger charge is 2.09. The van der Waals surface area contributed by atoms with Crippen LogP contribution in [0.2, 0.25) is 0 Å². The topological polar surface area (TPSA) is 9.23 Å². The van der Waals surface area contributed by atoms with Gasteiger partial charge in [-0.3, -0.25) is 0 Å². The van der Waals surface area contributed by atoms with Gasteiger partial charge >= 0.3 is 0 Å². The van der Waals surface area contributed by atoms with Crippen molar-refractivity contribution in [2.45, 2.75) is 0 Å². The standard InChI is InChI=1S/C29H16F4O/c1-2-13-34-25-11-9-21(27(31)18-25)6-4-20-15-28(32)26(29(33)16-20)12-5-19-3-7-23-17-24(30)10-8-22(23)14-19/h2-3,7-11,14-18H,1,13H2. The average Bonchev–Trinajstić information content (AvgIpc) is 2.81. The molecule has 0 saturated carbocycles. The van der Waals surface area contributed by atoms with E-state index in [1.54, 1.807) is 30.3 Å². The summed E-state index contributed by atoms with van der Waals surface area (Å²) in [6, 6.07) is 15.6. The average molecular weight is 456 g/mol. The molecule has 0 heterocycles. The van der Waals surface area contributed by atoms with Gasteiger partial charge in [0, 0.05) is 17.2 Å². The zero-order valence-corrected chi connectivity index (χ0v) is 17.8. The first-order valence-corrected chi connectivity index (χ1v) is 10.2. The summed E-state index contributed by atoms with van der Waals surface area (Å²) in [5.74, 6) is 7.96. The third kappa shape index (κ3) is 5.28. The molecule has 4 rings (SSSR count). The van der Waals surface area contributed by atoms with Crippen molar-refractivity contribution in [3.63, 3.8) is 0 Å². The van der Waals surface area contributed by atoms with Crippen molar-refractivity contribution in [1.82, 2.24) is 0 Å². The zero-order valence-electron chi connectivity index (χ0n) is 17.8. The van der Waals surface area contributed by atoms with Gasteiger partial charge in [-0.05, 0) is 59.3 Å². The highest BCUT2D eigenvalue weighted by molar-refractivity contribution is 5.84. The van der Waals surface area contributed by atoms with Crippen LogP contribution < -0.4 is 4.74 Å². The number of benzene rings is 4. The lowest BCUT2D eigenvalue weighted by Crippen LogP contribution is -1.94. The maximum Gasteiger partial charge on any atom is 0.143 e. The van der Waals surface area contributed by atoms with Gasteiger partial charge in [0.25, 0.3) is 0 Å². The maximum atomic E-state index is 14.5. The lowest BCUT2D eigenvalue weighted by atomic mass is 10.1. The van der Waals surface area contributed by atoms with E-state index in [9.17, 15) is 17.6 Å². The predicted molar refractivity (Wildman–Crippen MR) is 124 cm³/mol. The minimum atomic E-state index is -0.881. The fourth-order valence-corrected chi connectivity index (χ4v) is 3.18. The van der Waals surface area contributed by atoms with Crippen LogP contribution in [0.15, 0.2) is 79.4 Å². The van der Waals surface area contributed by atoms with E-state index in [4.69, 9.17) is 4.74 Å². The van der Waals surface area contributed by atoms with Crippen molar-refractivity contribution in [3.8, 4) is 29.4 Å². The predicted octanol–water partition coefficient (Wildman–Crippen LogP) is 6.76. The SMILES string of the molecule is C=CCOc1ccc(C#Cc2cc(F)c(C#Cc3ccc4cc(F)ccc4c3)c(F)c2)c(F)c1. The van der Waals surface area contributed by atoms with E-state index in [2.05, 4.69) is 30.3 Å². The number of hydrogen-bond acceptors (Lipinski definition) is 1. The van der Waals surface area contributed by atoms with E-state index in [0.717, 1.165) is 17.5 Å². The molecule has 0 amide bonds. The van der Waals surface area contributed by atoms with Crippen LogP contribution in [0.5, 0.6) is 5.75 Å². The van der Waals surface area contributed by atoms with Crippen LogP contribution in [-0.4, -0.2) is 6.61 Å². The van der Waals surface area contributed by atoms with Crippen molar-refractivity contribution in [2.24, 2.45) is 0 Å². The van der Waals surface area contributed by atoms with E-state index < -0.39 is 23.0 Å². The Morgan fingerprint density at radius 1 is 0.676 bits per heavy atom. The van der Waals surface area contributed by atoms with Gasteiger partial charge in [0.2, 0.25) is 0 Å². The number of rotatable bonds is 3. The molecule has 0 fully saturated rings. The first kappa shape index (κ1) is 22.7. The summed E-state index contributed by atoms with van der Waals surface area (Å²) < 4.78 is 61.8. The van der Waals surface area contributed by atoms with Crippen molar-refractivity contribution >= 4 is 10.8 Å². The molecule has 1 nitrogen and oxygen atoms in total. The Hall–Kier alpha value is -4.48. The highest BCUT2D eigenvalue weighted by Crippen LogP contribution is 2.19. The van der Waals surface area contributed by atoms with Crippen LogP contribution in [0.1, 0.15) is 22.3 Å². The molecule has 0 N–H and O–H groups in total. The molecule has 4 aromatic rings. The van der Waals surface area contributed by atoms with Crippen LogP contribution in [0.25, 0.3) is 10.8 Å². The Balaban J connectivity index is 1.57. The van der Waals surface area contributed by atoms with E-state index in [-0.39, 0.29) is 23.6 Å². The van der Waals surface area contributed by atoms with E-state index in [1.807, 2.05) is 0 Å². The molecule has 0 unspecified atom stereocenters. The fourth-order valence-electron chi connectivity index (χ4n) is 3.18. The number of halogens is 4. The second-order valence-corrected chi connectivity index (χ2v) is 7.26. The van der Waals surface area contributed by atoms with E-state index >= 15 is 0 Å². The molecule has 0 aliphatic carbocycles. The normalized spacial score (nSPS) is 10.1. The lowest BCUT2D eigenvalue weighted by Gasteiger charge is -2.03. The molecule has 0 aliphatic heterocycles. The molecule has 4 aromatic carbocycles. The molecular formula is C29H16F4O. The summed E-state index contributed by atoms with van der Waals surface area (Å²) in [6.07, 6.45) is 1.53. The summed E-state index contributed by atoms with van der Waals surface area (Å²) in [4.78, 5) is 0. The van der Waals surface area contributed by atoms with Gasteiger partial charge in [0.15, 0.2) is 0 Å². The minimum Gasteiger partial charge on any atom is -0.489 e. The van der Waals surface area contributed by atoms with Gasteiger partial charge in [0.1, 0.15) is 35.6 Å². The summed E-state index contributed by atoms with van der Waals surface area (Å²) in [7, 11) is 0. The largest absolute Gasteiger partial charge is 0.489 e. The molecule has 5 heteroatoms. The Bertz CT molecular complexity index is 1510. The zero-order chi connectivity index (χ0) is 24.1. The van der Waals surface area contributed by atoms with Crippen molar-refractivity contribution in [2.75, 3.05) is 6.61 Å². The molecule has 34 heavy (non-hydrogen) atoms. The molecular weight excluding hydrogens is 440 g/mol. The molecule has 0 aromatic heterocycles. The smallest absolute Gasteiger partial charge is 0.143 e. The Morgan fingerprint density at radius 3 is 2.12 bits per heavy atom. The van der Waals surface area contributed by atoms with E-state index in [1.165, 1.54) is 30.3 Å². The molecule has 0 aliphatic rings. The number of hydrogen-bond donors (Lipinski definition) is 0. The second-order valence-electron chi connectivity index (χ2n) is 7.26. The summed E-state index contributed by atoms with van der Waals surface area (Å²) in [5, 5.41) is 1.45.